The number of halogens is 1. The van der Waals surface area contributed by atoms with Crippen LogP contribution in [0.1, 0.15) is 11.1 Å². The molecular weight excluding hydrogens is 328 g/mol. The maximum atomic E-state index is 12.0. The summed E-state index contributed by atoms with van der Waals surface area (Å²) in [6.07, 6.45) is 0. The zero-order chi connectivity index (χ0) is 17.5. The molecule has 0 fully saturated rings. The van der Waals surface area contributed by atoms with Gasteiger partial charge in [-0.15, -0.1) is 0 Å². The third-order valence-corrected chi connectivity index (χ3v) is 3.65. The van der Waals surface area contributed by atoms with Crippen LogP contribution in [-0.4, -0.2) is 26.3 Å². The molecule has 24 heavy (non-hydrogen) atoms. The third kappa shape index (κ3) is 5.06. The maximum Gasteiger partial charge on any atom is 0.319 e. The van der Waals surface area contributed by atoms with Gasteiger partial charge in [0.2, 0.25) is 0 Å². The minimum Gasteiger partial charge on any atom is -0.495 e. The van der Waals surface area contributed by atoms with Crippen molar-refractivity contribution in [1.29, 1.82) is 0 Å². The number of hydrogen-bond acceptors (Lipinski definition) is 3. The van der Waals surface area contributed by atoms with Gasteiger partial charge in [-0.1, -0.05) is 23.7 Å². The van der Waals surface area contributed by atoms with E-state index in [1.807, 2.05) is 44.2 Å². The van der Waals surface area contributed by atoms with Gasteiger partial charge in [0.05, 0.1) is 24.4 Å². The Kier molecular flexibility index (Phi) is 6.32. The lowest BCUT2D eigenvalue weighted by Gasteiger charge is -2.13. The fourth-order valence-corrected chi connectivity index (χ4v) is 2.30. The number of ether oxygens (including phenoxy) is 2. The van der Waals surface area contributed by atoms with Gasteiger partial charge in [0.1, 0.15) is 18.1 Å². The van der Waals surface area contributed by atoms with Crippen LogP contribution in [0.4, 0.5) is 10.5 Å². The van der Waals surface area contributed by atoms with Gasteiger partial charge in [0.25, 0.3) is 0 Å². The zero-order valence-corrected chi connectivity index (χ0v) is 14.7. The minimum atomic E-state index is -0.321. The van der Waals surface area contributed by atoms with Crippen molar-refractivity contribution in [3.8, 4) is 11.5 Å². The lowest BCUT2D eigenvalue weighted by atomic mass is 10.2. The summed E-state index contributed by atoms with van der Waals surface area (Å²) in [5.41, 5.74) is 2.72. The number of urea groups is 1. The second kappa shape index (κ2) is 8.45. The third-order valence-electron chi connectivity index (χ3n) is 3.34. The predicted molar refractivity (Wildman–Crippen MR) is 96.4 cm³/mol. The first kappa shape index (κ1) is 17.9. The van der Waals surface area contributed by atoms with Gasteiger partial charge in [0, 0.05) is 0 Å². The maximum absolute atomic E-state index is 12.0. The number of carbonyl (C=O) groups is 1. The van der Waals surface area contributed by atoms with Gasteiger partial charge in [-0.05, 0) is 49.2 Å². The molecule has 2 amide bonds. The highest BCUT2D eigenvalue weighted by atomic mass is 35.5. The molecule has 2 aromatic rings. The van der Waals surface area contributed by atoms with Gasteiger partial charge < -0.3 is 20.1 Å². The topological polar surface area (TPSA) is 59.6 Å². The van der Waals surface area contributed by atoms with E-state index in [-0.39, 0.29) is 6.03 Å². The molecular formula is C18H21ClN2O3. The number of carbonyl (C=O) groups excluding carboxylic acids is 1. The van der Waals surface area contributed by atoms with E-state index in [1.54, 1.807) is 13.2 Å². The highest BCUT2D eigenvalue weighted by Gasteiger charge is 2.07. The summed E-state index contributed by atoms with van der Waals surface area (Å²) in [7, 11) is 1.56. The van der Waals surface area contributed by atoms with Crippen molar-refractivity contribution in [3.63, 3.8) is 0 Å². The quantitative estimate of drug-likeness (QED) is 0.770. The molecule has 0 saturated carbocycles. The summed E-state index contributed by atoms with van der Waals surface area (Å²) in [6, 6.07) is 10.8. The molecule has 0 saturated heterocycles. The number of amides is 2. The second-order valence-electron chi connectivity index (χ2n) is 5.37. The fraction of sp³-hybridized carbons (Fsp3) is 0.278. The first-order valence-corrected chi connectivity index (χ1v) is 7.96. The molecule has 0 atom stereocenters. The lowest BCUT2D eigenvalue weighted by molar-refractivity contribution is 0.247. The largest absolute Gasteiger partial charge is 0.495 e. The highest BCUT2D eigenvalue weighted by molar-refractivity contribution is 6.32. The van der Waals surface area contributed by atoms with Gasteiger partial charge in [-0.2, -0.15) is 0 Å². The van der Waals surface area contributed by atoms with Gasteiger partial charge >= 0.3 is 6.03 Å². The number of hydrogen-bond donors (Lipinski definition) is 2. The molecule has 0 aliphatic heterocycles. The number of aryl methyl sites for hydroxylation is 2. The van der Waals surface area contributed by atoms with Crippen LogP contribution < -0.4 is 20.1 Å². The lowest BCUT2D eigenvalue weighted by Crippen LogP contribution is -2.32. The summed E-state index contributed by atoms with van der Waals surface area (Å²) in [6.45, 7) is 4.58. The smallest absolute Gasteiger partial charge is 0.319 e. The summed E-state index contributed by atoms with van der Waals surface area (Å²) in [5, 5.41) is 6.05. The van der Waals surface area contributed by atoms with E-state index in [0.29, 0.717) is 35.4 Å². The van der Waals surface area contributed by atoms with Gasteiger partial charge in [-0.3, -0.25) is 0 Å². The number of nitrogens with one attached hydrogen (secondary N) is 2. The summed E-state index contributed by atoms with van der Waals surface area (Å²) < 4.78 is 10.8. The van der Waals surface area contributed by atoms with Crippen molar-refractivity contribution in [2.45, 2.75) is 13.8 Å². The van der Waals surface area contributed by atoms with Crippen molar-refractivity contribution in [2.24, 2.45) is 0 Å². The van der Waals surface area contributed by atoms with Crippen molar-refractivity contribution in [1.82, 2.24) is 5.32 Å². The Hall–Kier alpha value is -2.40. The first-order valence-electron chi connectivity index (χ1n) is 7.58. The molecule has 0 bridgehead atoms. The molecule has 128 valence electrons. The van der Waals surface area contributed by atoms with Crippen molar-refractivity contribution in [2.75, 3.05) is 25.6 Å². The van der Waals surface area contributed by atoms with E-state index in [2.05, 4.69) is 10.6 Å². The molecule has 0 aliphatic carbocycles. The van der Waals surface area contributed by atoms with E-state index in [0.717, 1.165) is 11.1 Å². The summed E-state index contributed by atoms with van der Waals surface area (Å²) in [4.78, 5) is 12.0. The van der Waals surface area contributed by atoms with Crippen LogP contribution in [-0.2, 0) is 0 Å². The van der Waals surface area contributed by atoms with E-state index in [1.165, 1.54) is 0 Å². The average Bonchev–Trinajstić information content (AvgIpc) is 2.55. The Morgan fingerprint density at radius 1 is 1.08 bits per heavy atom. The molecule has 6 heteroatoms. The molecule has 2 rings (SSSR count). The Morgan fingerprint density at radius 2 is 1.79 bits per heavy atom. The van der Waals surface area contributed by atoms with E-state index >= 15 is 0 Å². The molecule has 0 aromatic heterocycles. The van der Waals surface area contributed by atoms with Crippen LogP contribution in [0, 0.1) is 13.8 Å². The number of benzene rings is 2. The molecule has 2 N–H and O–H groups in total. The average molecular weight is 349 g/mol. The predicted octanol–water partition coefficient (Wildman–Crippen LogP) is 4.17. The van der Waals surface area contributed by atoms with Crippen molar-refractivity contribution < 1.29 is 14.3 Å². The monoisotopic (exact) mass is 348 g/mol. The summed E-state index contributed by atoms with van der Waals surface area (Å²) in [5.74, 6) is 1.22. The molecule has 0 spiro atoms. The fourth-order valence-electron chi connectivity index (χ4n) is 2.13. The first-order chi connectivity index (χ1) is 11.5. The van der Waals surface area contributed by atoms with E-state index < -0.39 is 0 Å². The number of anilines is 1. The van der Waals surface area contributed by atoms with Crippen LogP contribution >= 0.6 is 11.6 Å². The molecule has 0 heterocycles. The van der Waals surface area contributed by atoms with Crippen LogP contribution in [0.15, 0.2) is 36.4 Å². The molecule has 0 aliphatic rings. The van der Waals surface area contributed by atoms with Crippen molar-refractivity contribution in [3.05, 3.63) is 52.5 Å². The molecule has 0 unspecified atom stereocenters. The highest BCUT2D eigenvalue weighted by Crippen LogP contribution is 2.25. The van der Waals surface area contributed by atoms with Crippen LogP contribution in [0.25, 0.3) is 0 Å². The Morgan fingerprint density at radius 3 is 2.54 bits per heavy atom. The number of methoxy groups -OCH3 is 1. The van der Waals surface area contributed by atoms with Crippen LogP contribution in [0.3, 0.4) is 0 Å². The van der Waals surface area contributed by atoms with Crippen LogP contribution in [0.5, 0.6) is 11.5 Å². The summed E-state index contributed by atoms with van der Waals surface area (Å²) >= 11 is 6.05. The normalized spacial score (nSPS) is 10.2. The van der Waals surface area contributed by atoms with E-state index in [9.17, 15) is 4.79 Å². The number of rotatable bonds is 6. The molecule has 0 radical (unpaired) electrons. The SMILES string of the molecule is COc1ccc(C)cc1NC(=O)NCCOc1cc(C)ccc1Cl. The Labute approximate surface area is 146 Å². The van der Waals surface area contributed by atoms with E-state index in [4.69, 9.17) is 21.1 Å². The van der Waals surface area contributed by atoms with Gasteiger partial charge in [-0.25, -0.2) is 4.79 Å². The molecule has 5 nitrogen and oxygen atoms in total. The Bertz CT molecular complexity index is 719. The van der Waals surface area contributed by atoms with Gasteiger partial charge in [0.15, 0.2) is 0 Å². The zero-order valence-electron chi connectivity index (χ0n) is 14.0. The second-order valence-corrected chi connectivity index (χ2v) is 5.77. The standard InChI is InChI=1S/C18H21ClN2O3/c1-12-5-7-16(23-3)15(10-12)21-18(22)20-8-9-24-17-11-13(2)4-6-14(17)19/h4-7,10-11H,8-9H2,1-3H3,(H2,20,21,22). The minimum absolute atomic E-state index is 0.321. The molecule has 2 aromatic carbocycles. The Balaban J connectivity index is 1.81. The van der Waals surface area contributed by atoms with Crippen molar-refractivity contribution >= 4 is 23.3 Å². The van der Waals surface area contributed by atoms with Crippen LogP contribution in [0.2, 0.25) is 5.02 Å².